The van der Waals surface area contributed by atoms with Crippen LogP contribution in [0.4, 0.5) is 8.78 Å². The number of Topliss-reactive ketones (excluding diaryl/α,β-unsaturated/α-hetero) is 2. The predicted molar refractivity (Wildman–Crippen MR) is 120 cm³/mol. The molecule has 1 unspecified atom stereocenters. The van der Waals surface area contributed by atoms with Gasteiger partial charge in [-0.2, -0.15) is 0 Å². The number of amides is 2. The summed E-state index contributed by atoms with van der Waals surface area (Å²) in [5.74, 6) is -3.10. The molecule has 180 valence electrons. The first-order valence-electron chi connectivity index (χ1n) is 10.6. The van der Waals surface area contributed by atoms with Gasteiger partial charge in [0.25, 0.3) is 5.91 Å². The van der Waals surface area contributed by atoms with E-state index in [9.17, 15) is 32.8 Å². The Hall–Kier alpha value is -3.75. The van der Waals surface area contributed by atoms with Gasteiger partial charge in [-0.05, 0) is 49.6 Å². The molecule has 0 bridgehead atoms. The van der Waals surface area contributed by atoms with Crippen LogP contribution in [0.1, 0.15) is 58.5 Å². The van der Waals surface area contributed by atoms with Gasteiger partial charge in [0.15, 0.2) is 12.1 Å². The van der Waals surface area contributed by atoms with Gasteiger partial charge in [0, 0.05) is 31.6 Å². The van der Waals surface area contributed by atoms with Crippen LogP contribution in [0.2, 0.25) is 0 Å². The van der Waals surface area contributed by atoms with Crippen molar-refractivity contribution in [1.29, 1.82) is 0 Å². The summed E-state index contributed by atoms with van der Waals surface area (Å²) < 4.78 is 26.6. The minimum Gasteiger partial charge on any atom is -0.352 e. The van der Waals surface area contributed by atoms with E-state index in [2.05, 4.69) is 5.32 Å². The molecule has 7 nitrogen and oxygen atoms in total. The number of nitrogens with zero attached hydrogens (tertiary/aromatic N) is 1. The Morgan fingerprint density at radius 2 is 1.71 bits per heavy atom. The standard InChI is InChI=1S/C25H26F2N2O5/c1-15(31)7-8-23(16(2)32)29(3)25(34)21-6-4-5-18(22(21)14-30)13-28-24(33)11-17-9-19(26)12-20(27)10-17/h4-6,9-10,12,14,23H,7-8,11,13H2,1-3H3,(H,28,33). The van der Waals surface area contributed by atoms with Crippen LogP contribution in [-0.2, 0) is 27.3 Å². The molecule has 0 aliphatic carbocycles. The fourth-order valence-corrected chi connectivity index (χ4v) is 3.59. The lowest BCUT2D eigenvalue weighted by Crippen LogP contribution is -2.42. The average molecular weight is 472 g/mol. The monoisotopic (exact) mass is 472 g/mol. The number of carbonyl (C=O) groups is 5. The Balaban J connectivity index is 2.18. The number of hydrogen-bond acceptors (Lipinski definition) is 5. The second kappa shape index (κ2) is 11.9. The van der Waals surface area contributed by atoms with Crippen LogP contribution in [0.25, 0.3) is 0 Å². The number of rotatable bonds is 11. The summed E-state index contributed by atoms with van der Waals surface area (Å²) in [4.78, 5) is 61.7. The van der Waals surface area contributed by atoms with Gasteiger partial charge < -0.3 is 15.0 Å². The predicted octanol–water partition coefficient (Wildman–Crippen LogP) is 3.04. The highest BCUT2D eigenvalue weighted by Crippen LogP contribution is 2.18. The highest BCUT2D eigenvalue weighted by molar-refractivity contribution is 6.03. The zero-order chi connectivity index (χ0) is 25.4. The number of aldehydes is 1. The topological polar surface area (TPSA) is 101 Å². The van der Waals surface area contributed by atoms with Crippen LogP contribution < -0.4 is 5.32 Å². The molecule has 0 heterocycles. The maximum absolute atomic E-state index is 13.3. The summed E-state index contributed by atoms with van der Waals surface area (Å²) in [6, 6.07) is 6.50. The molecule has 34 heavy (non-hydrogen) atoms. The SMILES string of the molecule is CC(=O)CCC(C(C)=O)N(C)C(=O)c1cccc(CNC(=O)Cc2cc(F)cc(F)c2)c1C=O. The van der Waals surface area contributed by atoms with Crippen LogP contribution >= 0.6 is 0 Å². The molecule has 0 aromatic heterocycles. The van der Waals surface area contributed by atoms with Crippen LogP contribution in [0.3, 0.4) is 0 Å². The third-order valence-corrected chi connectivity index (χ3v) is 5.33. The first kappa shape index (κ1) is 26.5. The lowest BCUT2D eigenvalue weighted by atomic mass is 9.98. The molecule has 2 aromatic carbocycles. The molecule has 1 N–H and O–H groups in total. The summed E-state index contributed by atoms with van der Waals surface area (Å²) in [6.45, 7) is 2.62. The molecule has 2 aromatic rings. The number of halogens is 2. The van der Waals surface area contributed by atoms with Crippen LogP contribution in [0.5, 0.6) is 0 Å². The number of benzene rings is 2. The van der Waals surface area contributed by atoms with Crippen LogP contribution in [0, 0.1) is 11.6 Å². The normalized spacial score (nSPS) is 11.4. The Labute approximate surface area is 196 Å². The first-order valence-corrected chi connectivity index (χ1v) is 10.6. The van der Waals surface area contributed by atoms with E-state index in [0.29, 0.717) is 17.9 Å². The Kier molecular flexibility index (Phi) is 9.29. The van der Waals surface area contributed by atoms with Crippen molar-refractivity contribution >= 4 is 29.7 Å². The minimum absolute atomic E-state index is 0.0466. The summed E-state index contributed by atoms with van der Waals surface area (Å²) >= 11 is 0. The number of ketones is 2. The van der Waals surface area contributed by atoms with E-state index >= 15 is 0 Å². The maximum Gasteiger partial charge on any atom is 0.254 e. The third-order valence-electron chi connectivity index (χ3n) is 5.33. The number of carbonyl (C=O) groups excluding carboxylic acids is 5. The van der Waals surface area contributed by atoms with Gasteiger partial charge in [0.2, 0.25) is 5.91 Å². The highest BCUT2D eigenvalue weighted by atomic mass is 19.1. The summed E-state index contributed by atoms with van der Waals surface area (Å²) in [5, 5.41) is 2.57. The second-order valence-corrected chi connectivity index (χ2v) is 8.01. The summed E-state index contributed by atoms with van der Waals surface area (Å²) in [5.41, 5.74) is 0.601. The molecule has 2 amide bonds. The molecular formula is C25H26F2N2O5. The molecular weight excluding hydrogens is 446 g/mol. The molecule has 0 aliphatic heterocycles. The van der Waals surface area contributed by atoms with Crippen LogP contribution in [-0.4, -0.2) is 47.7 Å². The Morgan fingerprint density at radius 3 is 2.26 bits per heavy atom. The van der Waals surface area contributed by atoms with E-state index in [1.54, 1.807) is 6.07 Å². The quantitative estimate of drug-likeness (QED) is 0.507. The largest absolute Gasteiger partial charge is 0.352 e. The Bertz CT molecular complexity index is 1100. The molecule has 0 spiro atoms. The van der Waals surface area contributed by atoms with Crippen molar-refractivity contribution in [2.75, 3.05) is 7.05 Å². The van der Waals surface area contributed by atoms with E-state index in [1.807, 2.05) is 0 Å². The molecule has 0 fully saturated rings. The minimum atomic E-state index is -0.828. The summed E-state index contributed by atoms with van der Waals surface area (Å²) in [6.07, 6.45) is 0.509. The second-order valence-electron chi connectivity index (χ2n) is 8.01. The number of likely N-dealkylation sites (N-methyl/N-ethyl adjacent to an activating group) is 1. The number of hydrogen-bond donors (Lipinski definition) is 1. The van der Waals surface area contributed by atoms with Gasteiger partial charge >= 0.3 is 0 Å². The molecule has 2 rings (SSSR count). The van der Waals surface area contributed by atoms with Gasteiger partial charge in [0.05, 0.1) is 18.0 Å². The van der Waals surface area contributed by atoms with Gasteiger partial charge in [-0.25, -0.2) is 8.78 Å². The highest BCUT2D eigenvalue weighted by Gasteiger charge is 2.27. The first-order chi connectivity index (χ1) is 16.0. The molecule has 0 saturated heterocycles. The molecule has 0 radical (unpaired) electrons. The molecule has 9 heteroatoms. The number of nitrogens with one attached hydrogen (secondary N) is 1. The van der Waals surface area contributed by atoms with E-state index in [0.717, 1.165) is 12.1 Å². The van der Waals surface area contributed by atoms with Crippen molar-refractivity contribution in [2.45, 2.75) is 45.7 Å². The van der Waals surface area contributed by atoms with Crippen molar-refractivity contribution in [2.24, 2.45) is 0 Å². The van der Waals surface area contributed by atoms with E-state index in [-0.39, 0.29) is 54.1 Å². The van der Waals surface area contributed by atoms with Crippen molar-refractivity contribution in [3.63, 3.8) is 0 Å². The van der Waals surface area contributed by atoms with Gasteiger partial charge in [-0.1, -0.05) is 12.1 Å². The fourth-order valence-electron chi connectivity index (χ4n) is 3.59. The fraction of sp³-hybridized carbons (Fsp3) is 0.320. The summed E-state index contributed by atoms with van der Waals surface area (Å²) in [7, 11) is 1.43. The molecule has 1 atom stereocenters. The average Bonchev–Trinajstić information content (AvgIpc) is 2.75. The van der Waals surface area contributed by atoms with Crippen molar-refractivity contribution in [3.05, 3.63) is 70.3 Å². The zero-order valence-corrected chi connectivity index (χ0v) is 19.2. The van der Waals surface area contributed by atoms with Gasteiger partial charge in [0.1, 0.15) is 17.4 Å². The lowest BCUT2D eigenvalue weighted by Gasteiger charge is -2.27. The molecule has 0 saturated carbocycles. The van der Waals surface area contributed by atoms with E-state index in [4.69, 9.17) is 0 Å². The van der Waals surface area contributed by atoms with E-state index < -0.39 is 29.5 Å². The van der Waals surface area contributed by atoms with Gasteiger partial charge in [-0.3, -0.25) is 19.2 Å². The van der Waals surface area contributed by atoms with Crippen molar-refractivity contribution < 1.29 is 32.8 Å². The lowest BCUT2D eigenvalue weighted by molar-refractivity contribution is -0.122. The van der Waals surface area contributed by atoms with Gasteiger partial charge in [-0.15, -0.1) is 0 Å². The van der Waals surface area contributed by atoms with Crippen molar-refractivity contribution in [1.82, 2.24) is 10.2 Å². The van der Waals surface area contributed by atoms with E-state index in [1.165, 1.54) is 37.9 Å². The maximum atomic E-state index is 13.3. The smallest absolute Gasteiger partial charge is 0.254 e. The van der Waals surface area contributed by atoms with Crippen LogP contribution in [0.15, 0.2) is 36.4 Å². The zero-order valence-electron chi connectivity index (χ0n) is 19.2. The Morgan fingerprint density at radius 1 is 1.06 bits per heavy atom. The molecule has 0 aliphatic rings. The third kappa shape index (κ3) is 7.13. The van der Waals surface area contributed by atoms with Crippen molar-refractivity contribution in [3.8, 4) is 0 Å².